The molecule has 0 aliphatic rings. The van der Waals surface area contributed by atoms with E-state index in [4.69, 9.17) is 14.3 Å². The Morgan fingerprint density at radius 2 is 1.90 bits per heavy atom. The highest BCUT2D eigenvalue weighted by molar-refractivity contribution is 7.88. The molecular weight excluding hydrogens is 418 g/mol. The number of ether oxygens (including phenoxy) is 1. The van der Waals surface area contributed by atoms with Crippen LogP contribution in [0.3, 0.4) is 0 Å². The Hall–Kier alpha value is -2.97. The summed E-state index contributed by atoms with van der Waals surface area (Å²) >= 11 is 0. The molecule has 7 nitrogen and oxygen atoms in total. The normalized spacial score (nSPS) is 12.6. The highest BCUT2D eigenvalue weighted by atomic mass is 32.2. The summed E-state index contributed by atoms with van der Waals surface area (Å²) in [5.41, 5.74) is 1.88. The van der Waals surface area contributed by atoms with Gasteiger partial charge in [0, 0.05) is 23.3 Å². The van der Waals surface area contributed by atoms with Crippen LogP contribution < -0.4 is 9.88 Å². The number of aldehydes is 1. The summed E-state index contributed by atoms with van der Waals surface area (Å²) in [6.07, 6.45) is 1.84. The summed E-state index contributed by atoms with van der Waals surface area (Å²) < 4.78 is 34.5. The second kappa shape index (κ2) is 9.45. The number of primary sulfonamides is 1. The van der Waals surface area contributed by atoms with Crippen molar-refractivity contribution in [3.63, 3.8) is 0 Å². The zero-order valence-corrected chi connectivity index (χ0v) is 18.3. The largest absolute Gasteiger partial charge is 0.493 e. The van der Waals surface area contributed by atoms with E-state index in [2.05, 4.69) is 0 Å². The first-order chi connectivity index (χ1) is 14.7. The quantitative estimate of drug-likeness (QED) is 0.288. The third kappa shape index (κ3) is 5.39. The fraction of sp³-hybridized carbons (Fsp3) is 0.304. The smallest absolute Gasteiger partial charge is 0.213 e. The molecule has 1 atom stereocenters. The summed E-state index contributed by atoms with van der Waals surface area (Å²) in [7, 11) is -3.71. The molecule has 1 unspecified atom stereocenters. The minimum absolute atomic E-state index is 0.000936. The van der Waals surface area contributed by atoms with E-state index in [1.165, 1.54) is 0 Å². The van der Waals surface area contributed by atoms with Crippen LogP contribution in [-0.4, -0.2) is 27.1 Å². The molecular formula is C23H25NO6S. The van der Waals surface area contributed by atoms with Gasteiger partial charge in [0.05, 0.1) is 17.9 Å². The number of furan rings is 1. The van der Waals surface area contributed by atoms with Gasteiger partial charge in [-0.1, -0.05) is 19.9 Å². The molecule has 1 aromatic heterocycles. The lowest BCUT2D eigenvalue weighted by molar-refractivity contribution is -0.108. The Labute approximate surface area is 181 Å². The van der Waals surface area contributed by atoms with E-state index in [0.717, 1.165) is 12.7 Å². The van der Waals surface area contributed by atoms with Crippen molar-refractivity contribution in [3.8, 4) is 5.75 Å². The number of ketones is 1. The predicted molar refractivity (Wildman–Crippen MR) is 118 cm³/mol. The molecule has 1 heterocycles. The topological polar surface area (TPSA) is 117 Å². The van der Waals surface area contributed by atoms with Gasteiger partial charge in [0.1, 0.15) is 23.4 Å². The Balaban J connectivity index is 2.04. The third-order valence-corrected chi connectivity index (χ3v) is 5.79. The van der Waals surface area contributed by atoms with Crippen LogP contribution >= 0.6 is 0 Å². The predicted octanol–water partition coefficient (Wildman–Crippen LogP) is 3.93. The number of nitrogens with two attached hydrogens (primary N) is 1. The highest BCUT2D eigenvalue weighted by Gasteiger charge is 2.25. The number of hydrogen-bond donors (Lipinski definition) is 1. The van der Waals surface area contributed by atoms with Crippen molar-refractivity contribution in [2.75, 3.05) is 6.61 Å². The van der Waals surface area contributed by atoms with Crippen LogP contribution in [0.15, 0.2) is 46.9 Å². The van der Waals surface area contributed by atoms with Gasteiger partial charge in [-0.3, -0.25) is 4.79 Å². The second-order valence-corrected chi connectivity index (χ2v) is 9.06. The summed E-state index contributed by atoms with van der Waals surface area (Å²) in [6.45, 7) is 4.25. The van der Waals surface area contributed by atoms with Crippen LogP contribution in [0.5, 0.6) is 5.75 Å². The van der Waals surface area contributed by atoms with Crippen LogP contribution in [0.25, 0.3) is 11.0 Å². The molecule has 2 N–H and O–H groups in total. The summed E-state index contributed by atoms with van der Waals surface area (Å²) in [4.78, 5) is 23.9. The van der Waals surface area contributed by atoms with Crippen molar-refractivity contribution in [2.24, 2.45) is 5.14 Å². The zero-order valence-electron chi connectivity index (χ0n) is 17.5. The van der Waals surface area contributed by atoms with Crippen molar-refractivity contribution in [3.05, 3.63) is 64.9 Å². The maximum Gasteiger partial charge on any atom is 0.213 e. The summed E-state index contributed by atoms with van der Waals surface area (Å²) in [5, 5.41) is 5.75. The molecule has 2 aromatic carbocycles. The van der Waals surface area contributed by atoms with E-state index in [9.17, 15) is 18.0 Å². The van der Waals surface area contributed by atoms with E-state index < -0.39 is 10.0 Å². The molecule has 0 bridgehead atoms. The number of fused-ring (bicyclic) bond motifs is 1. The molecule has 0 saturated carbocycles. The van der Waals surface area contributed by atoms with Gasteiger partial charge in [-0.05, 0) is 48.4 Å². The van der Waals surface area contributed by atoms with Crippen LogP contribution in [0.1, 0.15) is 59.9 Å². The SMILES string of the molecule is CCC(C)c1oc2ccc(CS(N)(=O)=O)cc2c1C(=O)c1ccc(OCCC=O)cc1. The molecule has 0 radical (unpaired) electrons. The van der Waals surface area contributed by atoms with E-state index in [0.29, 0.717) is 45.6 Å². The minimum Gasteiger partial charge on any atom is -0.493 e. The fourth-order valence-electron chi connectivity index (χ4n) is 3.32. The maximum atomic E-state index is 13.4. The van der Waals surface area contributed by atoms with Gasteiger partial charge in [-0.15, -0.1) is 0 Å². The Kier molecular flexibility index (Phi) is 6.92. The number of carbonyl (C=O) groups excluding carboxylic acids is 2. The molecule has 8 heteroatoms. The van der Waals surface area contributed by atoms with E-state index >= 15 is 0 Å². The van der Waals surface area contributed by atoms with Crippen molar-refractivity contribution >= 4 is 33.1 Å². The molecule has 0 amide bonds. The molecule has 3 aromatic rings. The van der Waals surface area contributed by atoms with Gasteiger partial charge in [0.25, 0.3) is 0 Å². The number of hydrogen-bond acceptors (Lipinski definition) is 6. The molecule has 0 saturated heterocycles. The van der Waals surface area contributed by atoms with Gasteiger partial charge in [0.15, 0.2) is 5.78 Å². The van der Waals surface area contributed by atoms with Crippen molar-refractivity contribution in [1.82, 2.24) is 0 Å². The molecule has 164 valence electrons. The molecule has 0 aliphatic heterocycles. The van der Waals surface area contributed by atoms with Gasteiger partial charge in [-0.2, -0.15) is 0 Å². The van der Waals surface area contributed by atoms with E-state index in [1.807, 2.05) is 13.8 Å². The minimum atomic E-state index is -3.71. The maximum absolute atomic E-state index is 13.4. The van der Waals surface area contributed by atoms with Crippen LogP contribution in [0, 0.1) is 0 Å². The number of rotatable bonds is 10. The second-order valence-electron chi connectivity index (χ2n) is 7.45. The fourth-order valence-corrected chi connectivity index (χ4v) is 3.97. The summed E-state index contributed by atoms with van der Waals surface area (Å²) in [6, 6.07) is 11.6. The lowest BCUT2D eigenvalue weighted by atomic mass is 9.94. The van der Waals surface area contributed by atoms with E-state index in [-0.39, 0.29) is 24.1 Å². The first-order valence-corrected chi connectivity index (χ1v) is 11.7. The number of benzene rings is 2. The first-order valence-electron chi connectivity index (χ1n) is 10.0. The number of carbonyl (C=O) groups is 2. The van der Waals surface area contributed by atoms with Crippen molar-refractivity contribution in [1.29, 1.82) is 0 Å². The van der Waals surface area contributed by atoms with Gasteiger partial charge < -0.3 is 13.9 Å². The Bertz CT molecular complexity index is 1190. The average Bonchev–Trinajstić information content (AvgIpc) is 3.11. The van der Waals surface area contributed by atoms with Crippen molar-refractivity contribution < 1.29 is 27.2 Å². The highest BCUT2D eigenvalue weighted by Crippen LogP contribution is 2.35. The molecule has 0 spiro atoms. The lowest BCUT2D eigenvalue weighted by Gasteiger charge is -2.09. The van der Waals surface area contributed by atoms with Gasteiger partial charge in [0.2, 0.25) is 10.0 Å². The van der Waals surface area contributed by atoms with E-state index in [1.54, 1.807) is 42.5 Å². The van der Waals surface area contributed by atoms with Crippen LogP contribution in [-0.2, 0) is 20.6 Å². The third-order valence-electron chi connectivity index (χ3n) is 5.06. The Morgan fingerprint density at radius 3 is 2.52 bits per heavy atom. The number of sulfonamides is 1. The molecule has 31 heavy (non-hydrogen) atoms. The van der Waals surface area contributed by atoms with Gasteiger partial charge in [-0.25, -0.2) is 13.6 Å². The molecule has 0 fully saturated rings. The summed E-state index contributed by atoms with van der Waals surface area (Å²) in [5.74, 6) is 0.586. The molecule has 3 rings (SSSR count). The monoisotopic (exact) mass is 443 g/mol. The van der Waals surface area contributed by atoms with Crippen molar-refractivity contribution in [2.45, 2.75) is 38.4 Å². The standard InChI is InChI=1S/C23H25NO6S/c1-3-15(2)23-21(19-13-16(14-31(24,27)28)5-10-20(19)30-23)22(26)17-6-8-18(9-7-17)29-12-4-11-25/h5-11,13,15H,3-4,12,14H2,1-2H3,(H2,24,27,28). The first kappa shape index (κ1) is 22.7. The van der Waals surface area contributed by atoms with Crippen LogP contribution in [0.2, 0.25) is 0 Å². The lowest BCUT2D eigenvalue weighted by Crippen LogP contribution is -2.14. The average molecular weight is 444 g/mol. The molecule has 0 aliphatic carbocycles. The zero-order chi connectivity index (χ0) is 22.6. The Morgan fingerprint density at radius 1 is 1.19 bits per heavy atom. The van der Waals surface area contributed by atoms with Gasteiger partial charge >= 0.3 is 0 Å². The van der Waals surface area contributed by atoms with Crippen LogP contribution in [0.4, 0.5) is 0 Å².